The number of hydrogen-bond acceptors (Lipinski definition) is 3. The molecule has 96 valence electrons. The van der Waals surface area contributed by atoms with Crippen LogP contribution in [-0.2, 0) is 16.6 Å². The fourth-order valence-electron chi connectivity index (χ4n) is 2.01. The third-order valence-corrected chi connectivity index (χ3v) is 4.32. The monoisotopic (exact) mass is 272 g/mol. The molecule has 0 saturated carbocycles. The summed E-state index contributed by atoms with van der Waals surface area (Å²) in [6.45, 7) is 0.517. The number of sulfonamides is 1. The third-order valence-electron chi connectivity index (χ3n) is 2.96. The first kappa shape index (κ1) is 11.9. The number of amidine groups is 1. The van der Waals surface area contributed by atoms with Crippen LogP contribution in [0.5, 0.6) is 0 Å². The molecule has 0 aromatic heterocycles. The van der Waals surface area contributed by atoms with E-state index in [0.29, 0.717) is 12.4 Å². The number of rotatable bonds is 2. The molecule has 5 heteroatoms. The van der Waals surface area contributed by atoms with Crippen molar-refractivity contribution in [2.45, 2.75) is 11.4 Å². The Hall–Kier alpha value is -2.14. The Labute approximate surface area is 111 Å². The van der Waals surface area contributed by atoms with Gasteiger partial charge in [0.2, 0.25) is 0 Å². The summed E-state index contributed by atoms with van der Waals surface area (Å²) < 4.78 is 27.0. The van der Waals surface area contributed by atoms with Gasteiger partial charge in [0.1, 0.15) is 5.84 Å². The van der Waals surface area contributed by atoms with Crippen LogP contribution in [0, 0.1) is 0 Å². The Kier molecular flexibility index (Phi) is 2.83. The lowest BCUT2D eigenvalue weighted by Crippen LogP contribution is -2.30. The summed E-state index contributed by atoms with van der Waals surface area (Å²) >= 11 is 0. The van der Waals surface area contributed by atoms with Gasteiger partial charge in [-0.15, -0.1) is 0 Å². The molecule has 4 nitrogen and oxygen atoms in total. The summed E-state index contributed by atoms with van der Waals surface area (Å²) in [7, 11) is -3.57. The van der Waals surface area contributed by atoms with Crippen molar-refractivity contribution in [3.8, 4) is 0 Å². The highest BCUT2D eigenvalue weighted by Crippen LogP contribution is 2.18. The second-order valence-corrected chi connectivity index (χ2v) is 5.92. The van der Waals surface area contributed by atoms with Crippen molar-refractivity contribution >= 4 is 15.9 Å². The van der Waals surface area contributed by atoms with E-state index in [1.807, 2.05) is 24.3 Å². The Bertz CT molecular complexity index is 737. The van der Waals surface area contributed by atoms with E-state index in [2.05, 4.69) is 9.71 Å². The van der Waals surface area contributed by atoms with E-state index in [9.17, 15) is 8.42 Å². The molecule has 1 aliphatic rings. The van der Waals surface area contributed by atoms with Gasteiger partial charge in [-0.3, -0.25) is 9.71 Å². The normalized spacial score (nSPS) is 13.8. The van der Waals surface area contributed by atoms with Crippen LogP contribution in [0.1, 0.15) is 11.1 Å². The third kappa shape index (κ3) is 2.24. The van der Waals surface area contributed by atoms with Crippen molar-refractivity contribution in [2.24, 2.45) is 4.99 Å². The maximum atomic E-state index is 12.2. The molecule has 0 radical (unpaired) electrons. The molecule has 19 heavy (non-hydrogen) atoms. The fraction of sp³-hybridized carbons (Fsp3) is 0.0714. The average molecular weight is 272 g/mol. The molecule has 0 amide bonds. The molecule has 0 unspecified atom stereocenters. The standard InChI is InChI=1S/C14H12N2O2S/c17-19(18,12-7-2-1-3-8-12)16-14-13-9-5-4-6-11(13)10-15-14/h1-9H,10H2,(H,15,16). The molecule has 0 bridgehead atoms. The number of fused-ring (bicyclic) bond motifs is 1. The first-order chi connectivity index (χ1) is 9.17. The summed E-state index contributed by atoms with van der Waals surface area (Å²) in [5.41, 5.74) is 1.88. The molecule has 0 fully saturated rings. The van der Waals surface area contributed by atoms with E-state index in [1.165, 1.54) is 0 Å². The zero-order valence-electron chi connectivity index (χ0n) is 10.1. The lowest BCUT2D eigenvalue weighted by molar-refractivity contribution is 0.592. The lowest BCUT2D eigenvalue weighted by Gasteiger charge is -2.08. The van der Waals surface area contributed by atoms with Gasteiger partial charge in [0.25, 0.3) is 10.0 Å². The van der Waals surface area contributed by atoms with Crippen LogP contribution < -0.4 is 4.72 Å². The Balaban J connectivity index is 1.92. The van der Waals surface area contributed by atoms with Gasteiger partial charge in [0.05, 0.1) is 11.4 Å². The van der Waals surface area contributed by atoms with E-state index in [0.717, 1.165) is 11.1 Å². The molecule has 2 aromatic carbocycles. The predicted octanol–water partition coefficient (Wildman–Crippen LogP) is 1.93. The van der Waals surface area contributed by atoms with E-state index in [-0.39, 0.29) is 4.90 Å². The van der Waals surface area contributed by atoms with E-state index >= 15 is 0 Å². The molecule has 0 aliphatic carbocycles. The van der Waals surface area contributed by atoms with Crippen molar-refractivity contribution in [1.29, 1.82) is 0 Å². The molecule has 1 aliphatic heterocycles. The predicted molar refractivity (Wildman–Crippen MR) is 73.4 cm³/mol. The van der Waals surface area contributed by atoms with Gasteiger partial charge in [-0.2, -0.15) is 0 Å². The molecular weight excluding hydrogens is 260 g/mol. The maximum absolute atomic E-state index is 12.2. The summed E-state index contributed by atoms with van der Waals surface area (Å²) in [6, 6.07) is 15.9. The van der Waals surface area contributed by atoms with Crippen LogP contribution in [0.2, 0.25) is 0 Å². The Morgan fingerprint density at radius 1 is 0.947 bits per heavy atom. The minimum absolute atomic E-state index is 0.238. The van der Waals surface area contributed by atoms with Gasteiger partial charge >= 0.3 is 0 Å². The second kappa shape index (κ2) is 4.51. The number of hydrogen-bond donors (Lipinski definition) is 1. The highest BCUT2D eigenvalue weighted by molar-refractivity contribution is 7.90. The molecule has 2 aromatic rings. The first-order valence-electron chi connectivity index (χ1n) is 5.87. The van der Waals surface area contributed by atoms with Crippen molar-refractivity contribution in [1.82, 2.24) is 4.72 Å². The lowest BCUT2D eigenvalue weighted by atomic mass is 10.1. The summed E-state index contributed by atoms with van der Waals surface area (Å²) in [5.74, 6) is 0.416. The van der Waals surface area contributed by atoms with E-state index in [1.54, 1.807) is 30.3 Å². The molecule has 3 rings (SSSR count). The van der Waals surface area contributed by atoms with Crippen LogP contribution in [-0.4, -0.2) is 14.3 Å². The SMILES string of the molecule is O=S(=O)(NC1=NCc2ccccc21)c1ccccc1. The number of nitrogens with zero attached hydrogens (tertiary/aromatic N) is 1. The maximum Gasteiger partial charge on any atom is 0.263 e. The van der Waals surface area contributed by atoms with Gasteiger partial charge in [0.15, 0.2) is 0 Å². The largest absolute Gasteiger partial charge is 0.263 e. The highest BCUT2D eigenvalue weighted by Gasteiger charge is 2.21. The van der Waals surface area contributed by atoms with Crippen LogP contribution in [0.4, 0.5) is 0 Å². The highest BCUT2D eigenvalue weighted by atomic mass is 32.2. The molecule has 0 atom stereocenters. The van der Waals surface area contributed by atoms with Gasteiger partial charge < -0.3 is 0 Å². The van der Waals surface area contributed by atoms with Crippen LogP contribution >= 0.6 is 0 Å². The molecule has 1 N–H and O–H groups in total. The Morgan fingerprint density at radius 3 is 2.42 bits per heavy atom. The Morgan fingerprint density at radius 2 is 1.63 bits per heavy atom. The molecular formula is C14H12N2O2S. The minimum atomic E-state index is -3.57. The smallest absolute Gasteiger partial charge is 0.263 e. The minimum Gasteiger partial charge on any atom is -0.263 e. The van der Waals surface area contributed by atoms with Gasteiger partial charge in [-0.1, -0.05) is 42.5 Å². The quantitative estimate of drug-likeness (QED) is 0.908. The van der Waals surface area contributed by atoms with Crippen LogP contribution in [0.15, 0.2) is 64.5 Å². The summed E-state index contributed by atoms with van der Waals surface area (Å²) in [5, 5.41) is 0. The van der Waals surface area contributed by atoms with Crippen molar-refractivity contribution < 1.29 is 8.42 Å². The van der Waals surface area contributed by atoms with Gasteiger partial charge in [-0.25, -0.2) is 8.42 Å². The number of benzene rings is 2. The molecule has 1 heterocycles. The van der Waals surface area contributed by atoms with Crippen molar-refractivity contribution in [3.63, 3.8) is 0 Å². The first-order valence-corrected chi connectivity index (χ1v) is 7.36. The van der Waals surface area contributed by atoms with E-state index in [4.69, 9.17) is 0 Å². The second-order valence-electron chi connectivity index (χ2n) is 4.24. The van der Waals surface area contributed by atoms with Crippen molar-refractivity contribution in [2.75, 3.05) is 0 Å². The van der Waals surface area contributed by atoms with Gasteiger partial charge in [0, 0.05) is 5.56 Å². The zero-order valence-corrected chi connectivity index (χ0v) is 10.9. The topological polar surface area (TPSA) is 58.5 Å². The van der Waals surface area contributed by atoms with Crippen molar-refractivity contribution in [3.05, 3.63) is 65.7 Å². The summed E-state index contributed by atoms with van der Waals surface area (Å²) in [6.07, 6.45) is 0. The number of aliphatic imine (C=N–C) groups is 1. The van der Waals surface area contributed by atoms with Crippen LogP contribution in [0.25, 0.3) is 0 Å². The fourth-order valence-corrected chi connectivity index (χ4v) is 3.07. The van der Waals surface area contributed by atoms with Gasteiger partial charge in [-0.05, 0) is 17.7 Å². The average Bonchev–Trinajstić information content (AvgIpc) is 2.83. The summed E-state index contributed by atoms with van der Waals surface area (Å²) in [4.78, 5) is 4.48. The molecule has 0 saturated heterocycles. The number of nitrogens with one attached hydrogen (secondary N) is 1. The van der Waals surface area contributed by atoms with E-state index < -0.39 is 10.0 Å². The zero-order chi connectivity index (χ0) is 13.3. The molecule has 0 spiro atoms. The van der Waals surface area contributed by atoms with Crippen LogP contribution in [0.3, 0.4) is 0 Å².